The van der Waals surface area contributed by atoms with Gasteiger partial charge in [0.15, 0.2) is 4.99 Å². The highest BCUT2D eigenvalue weighted by Gasteiger charge is 2.04. The predicted molar refractivity (Wildman–Crippen MR) is 58.4 cm³/mol. The molecule has 1 aromatic rings. The monoisotopic (exact) mass is 210 g/mol. The molecular weight excluding hydrogens is 200 g/mol. The Morgan fingerprint density at radius 1 is 1.43 bits per heavy atom. The van der Waals surface area contributed by atoms with E-state index < -0.39 is 5.91 Å². The highest BCUT2D eigenvalue weighted by Crippen LogP contribution is 2.14. The van der Waals surface area contributed by atoms with E-state index in [1.165, 1.54) is 0 Å². The summed E-state index contributed by atoms with van der Waals surface area (Å²) in [4.78, 5) is 10.9. The van der Waals surface area contributed by atoms with Gasteiger partial charge in [-0.2, -0.15) is 0 Å². The van der Waals surface area contributed by atoms with E-state index in [9.17, 15) is 4.79 Å². The van der Waals surface area contributed by atoms with Crippen molar-refractivity contribution < 1.29 is 9.53 Å². The normalized spacial score (nSPS) is 9.21. The van der Waals surface area contributed by atoms with Gasteiger partial charge in [0.2, 0.25) is 0 Å². The fourth-order valence-corrected chi connectivity index (χ4v) is 0.918. The molecule has 0 atom stereocenters. The zero-order chi connectivity index (χ0) is 10.6. The molecule has 1 rings (SSSR count). The van der Waals surface area contributed by atoms with Crippen LogP contribution in [-0.2, 0) is 4.79 Å². The Hall–Kier alpha value is -1.62. The zero-order valence-electron chi connectivity index (χ0n) is 7.61. The highest BCUT2D eigenvalue weighted by atomic mass is 32.1. The van der Waals surface area contributed by atoms with E-state index >= 15 is 0 Å². The van der Waals surface area contributed by atoms with E-state index in [4.69, 9.17) is 10.5 Å². The number of benzene rings is 1. The van der Waals surface area contributed by atoms with Crippen LogP contribution < -0.4 is 15.8 Å². The van der Waals surface area contributed by atoms with Gasteiger partial charge in [-0.1, -0.05) is 12.2 Å². The molecule has 0 heterocycles. The molecule has 0 fully saturated rings. The van der Waals surface area contributed by atoms with Gasteiger partial charge >= 0.3 is 0 Å². The minimum atomic E-state index is -0.467. The summed E-state index contributed by atoms with van der Waals surface area (Å²) in [5.74, 6) is 0.253. The Bertz CT molecular complexity index is 348. The molecule has 0 unspecified atom stereocenters. The van der Waals surface area contributed by atoms with Gasteiger partial charge in [0.25, 0.3) is 5.91 Å². The maximum Gasteiger partial charge on any atom is 0.282 e. The molecule has 0 spiro atoms. The lowest BCUT2D eigenvalue weighted by Crippen LogP contribution is -2.27. The van der Waals surface area contributed by atoms with Crippen LogP contribution in [0.25, 0.3) is 0 Å². The Morgan fingerprint density at radius 3 is 2.43 bits per heavy atom. The van der Waals surface area contributed by atoms with Gasteiger partial charge in [-0.3, -0.25) is 4.79 Å². The number of amides is 1. The number of carbonyl (C=O) groups excluding carboxylic acids is 1. The number of nitrogens with one attached hydrogen (secondary N) is 1. The first-order chi connectivity index (χ1) is 6.63. The number of thiocarbonyl (C=S) groups is 1. The second-order valence-corrected chi connectivity index (χ2v) is 2.99. The molecule has 74 valence electrons. The van der Waals surface area contributed by atoms with Crippen molar-refractivity contribution in [2.24, 2.45) is 5.73 Å². The molecule has 4 nitrogen and oxygen atoms in total. The fourth-order valence-electron chi connectivity index (χ4n) is 0.867. The molecule has 1 aromatic carbocycles. The molecule has 5 heteroatoms. The molecular formula is C9H10N2O2S. The fraction of sp³-hybridized carbons (Fsp3) is 0.111. The van der Waals surface area contributed by atoms with Crippen LogP contribution >= 0.6 is 12.2 Å². The van der Waals surface area contributed by atoms with E-state index in [-0.39, 0.29) is 4.99 Å². The summed E-state index contributed by atoms with van der Waals surface area (Å²) in [5.41, 5.74) is 5.76. The Labute approximate surface area is 87.0 Å². The van der Waals surface area contributed by atoms with Gasteiger partial charge < -0.3 is 15.8 Å². The van der Waals surface area contributed by atoms with E-state index in [0.717, 1.165) is 5.75 Å². The van der Waals surface area contributed by atoms with Crippen LogP contribution in [0.2, 0.25) is 0 Å². The Balaban J connectivity index is 2.69. The number of nitrogens with two attached hydrogens (primary N) is 1. The first kappa shape index (κ1) is 10.5. The predicted octanol–water partition coefficient (Wildman–Crippen LogP) is 0.920. The Kier molecular flexibility index (Phi) is 3.41. The van der Waals surface area contributed by atoms with Crippen LogP contribution in [0, 0.1) is 0 Å². The second kappa shape index (κ2) is 4.57. The standard InChI is InChI=1S/C9H10N2O2S/c1-13-7-4-2-6(3-5-7)11-9(12)8(10)14/h2-5H,1H3,(H2,10,14)(H,11,12). The topological polar surface area (TPSA) is 64.3 Å². The molecule has 0 aliphatic rings. The average Bonchev–Trinajstić information content (AvgIpc) is 2.19. The van der Waals surface area contributed by atoms with Gasteiger partial charge in [0.1, 0.15) is 5.75 Å². The molecule has 1 amide bonds. The van der Waals surface area contributed by atoms with Crippen molar-refractivity contribution >= 4 is 28.8 Å². The third-order valence-electron chi connectivity index (χ3n) is 1.57. The van der Waals surface area contributed by atoms with Gasteiger partial charge in [-0.25, -0.2) is 0 Å². The SMILES string of the molecule is COc1ccc(NC(=O)C(N)=S)cc1. The minimum absolute atomic E-state index is 0.180. The third kappa shape index (κ3) is 2.70. The minimum Gasteiger partial charge on any atom is -0.497 e. The van der Waals surface area contributed by atoms with Crippen LogP contribution in [0.15, 0.2) is 24.3 Å². The quantitative estimate of drug-likeness (QED) is 0.712. The summed E-state index contributed by atoms with van der Waals surface area (Å²) in [6.07, 6.45) is 0. The van der Waals surface area contributed by atoms with E-state index in [1.807, 2.05) is 0 Å². The van der Waals surface area contributed by atoms with E-state index in [1.54, 1.807) is 31.4 Å². The molecule has 0 aliphatic heterocycles. The molecule has 3 N–H and O–H groups in total. The molecule has 0 aromatic heterocycles. The molecule has 14 heavy (non-hydrogen) atoms. The van der Waals surface area contributed by atoms with E-state index in [2.05, 4.69) is 17.5 Å². The maximum atomic E-state index is 11.1. The molecule has 0 aliphatic carbocycles. The van der Waals surface area contributed by atoms with Crippen molar-refractivity contribution in [3.8, 4) is 5.75 Å². The maximum absolute atomic E-state index is 11.1. The van der Waals surface area contributed by atoms with Crippen molar-refractivity contribution in [3.05, 3.63) is 24.3 Å². The lowest BCUT2D eigenvalue weighted by atomic mass is 10.3. The van der Waals surface area contributed by atoms with Crippen molar-refractivity contribution in [2.75, 3.05) is 12.4 Å². The number of carbonyl (C=O) groups is 1. The number of methoxy groups -OCH3 is 1. The summed E-state index contributed by atoms with van der Waals surface area (Å²) in [5, 5.41) is 2.53. The number of rotatable bonds is 2. The average molecular weight is 210 g/mol. The first-order valence-corrected chi connectivity index (χ1v) is 4.29. The highest BCUT2D eigenvalue weighted by molar-refractivity contribution is 7.82. The first-order valence-electron chi connectivity index (χ1n) is 3.88. The third-order valence-corrected chi connectivity index (χ3v) is 1.76. The van der Waals surface area contributed by atoms with Gasteiger partial charge in [0, 0.05) is 5.69 Å². The lowest BCUT2D eigenvalue weighted by Gasteiger charge is -2.04. The number of ether oxygens (including phenoxy) is 1. The van der Waals surface area contributed by atoms with Crippen molar-refractivity contribution in [1.82, 2.24) is 0 Å². The van der Waals surface area contributed by atoms with Gasteiger partial charge in [0.05, 0.1) is 7.11 Å². The summed E-state index contributed by atoms with van der Waals surface area (Å²) >= 11 is 4.51. The van der Waals surface area contributed by atoms with Crippen LogP contribution in [-0.4, -0.2) is 18.0 Å². The summed E-state index contributed by atoms with van der Waals surface area (Å²) < 4.78 is 4.96. The second-order valence-electron chi connectivity index (χ2n) is 2.55. The smallest absolute Gasteiger partial charge is 0.282 e. The summed E-state index contributed by atoms with van der Waals surface area (Å²) in [6.45, 7) is 0. The molecule has 0 saturated carbocycles. The van der Waals surface area contributed by atoms with E-state index in [0.29, 0.717) is 5.69 Å². The molecule has 0 saturated heterocycles. The van der Waals surface area contributed by atoms with Crippen molar-refractivity contribution in [2.45, 2.75) is 0 Å². The number of anilines is 1. The summed E-state index contributed by atoms with van der Waals surface area (Å²) in [7, 11) is 1.57. The van der Waals surface area contributed by atoms with Crippen LogP contribution in [0.3, 0.4) is 0 Å². The molecule has 0 bridgehead atoms. The Morgan fingerprint density at radius 2 is 2.00 bits per heavy atom. The largest absolute Gasteiger partial charge is 0.497 e. The lowest BCUT2D eigenvalue weighted by molar-refractivity contribution is -0.110. The zero-order valence-corrected chi connectivity index (χ0v) is 8.43. The molecule has 0 radical (unpaired) electrons. The van der Waals surface area contributed by atoms with Crippen LogP contribution in [0.1, 0.15) is 0 Å². The van der Waals surface area contributed by atoms with Crippen molar-refractivity contribution in [3.63, 3.8) is 0 Å². The summed E-state index contributed by atoms with van der Waals surface area (Å²) in [6, 6.07) is 6.87. The van der Waals surface area contributed by atoms with Crippen LogP contribution in [0.4, 0.5) is 5.69 Å². The van der Waals surface area contributed by atoms with Gasteiger partial charge in [-0.15, -0.1) is 0 Å². The van der Waals surface area contributed by atoms with Crippen molar-refractivity contribution in [1.29, 1.82) is 0 Å². The van der Waals surface area contributed by atoms with Gasteiger partial charge in [-0.05, 0) is 24.3 Å². The number of hydrogen-bond acceptors (Lipinski definition) is 3. The van der Waals surface area contributed by atoms with Crippen LogP contribution in [0.5, 0.6) is 5.75 Å². The number of hydrogen-bond donors (Lipinski definition) is 2.